The second-order valence-corrected chi connectivity index (χ2v) is 8.97. The van der Waals surface area contributed by atoms with E-state index in [1.807, 2.05) is 32.0 Å². The molecule has 1 aliphatic heterocycles. The molecule has 7 heteroatoms. The van der Waals surface area contributed by atoms with E-state index in [-0.39, 0.29) is 29.7 Å². The van der Waals surface area contributed by atoms with Crippen molar-refractivity contribution in [2.45, 2.75) is 51.6 Å². The number of rotatable bonds is 4. The van der Waals surface area contributed by atoms with Gasteiger partial charge in [-0.25, -0.2) is 4.79 Å². The summed E-state index contributed by atoms with van der Waals surface area (Å²) in [4.78, 5) is 28.8. The van der Waals surface area contributed by atoms with Crippen LogP contribution in [0.4, 0.5) is 0 Å². The molecule has 1 aromatic heterocycles. The number of methoxy groups -OCH3 is 1. The summed E-state index contributed by atoms with van der Waals surface area (Å²) in [6, 6.07) is 10.3. The Labute approximate surface area is 193 Å². The number of halogens is 1. The van der Waals surface area contributed by atoms with Gasteiger partial charge in [-0.2, -0.15) is 0 Å². The van der Waals surface area contributed by atoms with E-state index in [0.29, 0.717) is 29.3 Å². The van der Waals surface area contributed by atoms with Crippen molar-refractivity contribution in [1.82, 2.24) is 14.9 Å². The fraction of sp³-hybridized carbons (Fsp3) is 0.440. The summed E-state index contributed by atoms with van der Waals surface area (Å²) in [5, 5.41) is 4.25. The Hall–Kier alpha value is -2.57. The lowest BCUT2D eigenvalue weighted by Crippen LogP contribution is -2.38. The summed E-state index contributed by atoms with van der Waals surface area (Å²) in [6.07, 6.45) is 2.91. The molecule has 3 atom stereocenters. The highest BCUT2D eigenvalue weighted by Crippen LogP contribution is 2.45. The SMILES string of the molecule is COc1cccc2c1CC[C@H]1CNC(CCn3c(=O)[nH]c4c(C)c(C)ccc4c3=O)[C@@H]21.Cl. The average Bonchev–Trinajstić information content (AvgIpc) is 3.19. The quantitative estimate of drug-likeness (QED) is 0.631. The molecule has 32 heavy (non-hydrogen) atoms. The number of nitrogens with one attached hydrogen (secondary N) is 2. The van der Waals surface area contributed by atoms with E-state index in [0.717, 1.165) is 42.7 Å². The van der Waals surface area contributed by atoms with E-state index in [1.54, 1.807) is 7.11 Å². The van der Waals surface area contributed by atoms with Crippen LogP contribution in [0.5, 0.6) is 5.75 Å². The van der Waals surface area contributed by atoms with Crippen molar-refractivity contribution in [2.75, 3.05) is 13.7 Å². The molecule has 0 radical (unpaired) electrons. The molecule has 2 N–H and O–H groups in total. The molecule has 0 amide bonds. The van der Waals surface area contributed by atoms with Gasteiger partial charge in [-0.05, 0) is 80.0 Å². The number of aromatic nitrogens is 2. The third-order valence-electron chi connectivity index (χ3n) is 7.45. The third-order valence-corrected chi connectivity index (χ3v) is 7.45. The molecule has 170 valence electrons. The predicted octanol–water partition coefficient (Wildman–Crippen LogP) is 3.45. The summed E-state index contributed by atoms with van der Waals surface area (Å²) in [6.45, 7) is 5.30. The molecule has 0 bridgehead atoms. The minimum atomic E-state index is -0.327. The Morgan fingerprint density at radius 3 is 2.75 bits per heavy atom. The zero-order valence-corrected chi connectivity index (χ0v) is 19.6. The van der Waals surface area contributed by atoms with Crippen LogP contribution in [0.3, 0.4) is 0 Å². The Balaban J connectivity index is 0.00000245. The summed E-state index contributed by atoms with van der Waals surface area (Å²) >= 11 is 0. The fourth-order valence-corrected chi connectivity index (χ4v) is 5.64. The van der Waals surface area contributed by atoms with Gasteiger partial charge in [0.25, 0.3) is 5.56 Å². The summed E-state index contributed by atoms with van der Waals surface area (Å²) in [5.41, 5.74) is 4.80. The number of H-pyrrole nitrogens is 1. The number of hydrogen-bond acceptors (Lipinski definition) is 4. The van der Waals surface area contributed by atoms with Crippen LogP contribution in [-0.4, -0.2) is 29.2 Å². The molecule has 2 aliphatic rings. The molecule has 2 aromatic carbocycles. The van der Waals surface area contributed by atoms with E-state index in [4.69, 9.17) is 4.74 Å². The van der Waals surface area contributed by atoms with Gasteiger partial charge in [0.05, 0.1) is 18.0 Å². The number of aromatic amines is 1. The number of fused-ring (bicyclic) bond motifs is 4. The Kier molecular flexibility index (Phi) is 6.19. The number of ether oxygens (including phenoxy) is 1. The Morgan fingerprint density at radius 1 is 1.16 bits per heavy atom. The fourth-order valence-electron chi connectivity index (χ4n) is 5.64. The van der Waals surface area contributed by atoms with E-state index in [2.05, 4.69) is 22.4 Å². The van der Waals surface area contributed by atoms with Crippen LogP contribution in [-0.2, 0) is 13.0 Å². The molecule has 0 spiro atoms. The zero-order chi connectivity index (χ0) is 21.7. The van der Waals surface area contributed by atoms with Gasteiger partial charge in [-0.1, -0.05) is 18.2 Å². The van der Waals surface area contributed by atoms with Crippen LogP contribution in [0.2, 0.25) is 0 Å². The van der Waals surface area contributed by atoms with Gasteiger partial charge < -0.3 is 15.0 Å². The van der Waals surface area contributed by atoms with Crippen LogP contribution in [0.15, 0.2) is 39.9 Å². The van der Waals surface area contributed by atoms with Crippen molar-refractivity contribution in [1.29, 1.82) is 0 Å². The van der Waals surface area contributed by atoms with Crippen molar-refractivity contribution < 1.29 is 4.74 Å². The van der Waals surface area contributed by atoms with E-state index in [9.17, 15) is 9.59 Å². The van der Waals surface area contributed by atoms with Gasteiger partial charge in [0.15, 0.2) is 0 Å². The second kappa shape index (κ2) is 8.75. The maximum Gasteiger partial charge on any atom is 0.328 e. The summed E-state index contributed by atoms with van der Waals surface area (Å²) < 4.78 is 6.97. The maximum absolute atomic E-state index is 13.1. The topological polar surface area (TPSA) is 76.1 Å². The van der Waals surface area contributed by atoms with Crippen LogP contribution >= 0.6 is 12.4 Å². The average molecular weight is 456 g/mol. The van der Waals surface area contributed by atoms with Crippen molar-refractivity contribution >= 4 is 23.3 Å². The van der Waals surface area contributed by atoms with E-state index in [1.165, 1.54) is 15.7 Å². The molecule has 5 rings (SSSR count). The minimum Gasteiger partial charge on any atom is -0.496 e. The molecular weight excluding hydrogens is 426 g/mol. The lowest BCUT2D eigenvalue weighted by molar-refractivity contribution is 0.371. The second-order valence-electron chi connectivity index (χ2n) is 8.97. The predicted molar refractivity (Wildman–Crippen MR) is 130 cm³/mol. The van der Waals surface area contributed by atoms with E-state index >= 15 is 0 Å². The van der Waals surface area contributed by atoms with Gasteiger partial charge in [0, 0.05) is 18.5 Å². The molecule has 1 aliphatic carbocycles. The van der Waals surface area contributed by atoms with Gasteiger partial charge in [0.1, 0.15) is 5.75 Å². The lowest BCUT2D eigenvalue weighted by Gasteiger charge is -2.32. The van der Waals surface area contributed by atoms with Crippen LogP contribution in [0, 0.1) is 19.8 Å². The van der Waals surface area contributed by atoms with Crippen molar-refractivity contribution in [3.8, 4) is 5.75 Å². The van der Waals surface area contributed by atoms with Gasteiger partial charge in [-0.15, -0.1) is 12.4 Å². The normalized spacial score (nSPS) is 21.7. The first-order chi connectivity index (χ1) is 15.0. The highest BCUT2D eigenvalue weighted by Gasteiger charge is 2.40. The number of benzene rings is 2. The van der Waals surface area contributed by atoms with E-state index < -0.39 is 0 Å². The van der Waals surface area contributed by atoms with Crippen LogP contribution in [0.25, 0.3) is 10.9 Å². The van der Waals surface area contributed by atoms with Crippen molar-refractivity contribution in [2.24, 2.45) is 5.92 Å². The maximum atomic E-state index is 13.1. The molecule has 1 saturated heterocycles. The number of hydrogen-bond donors (Lipinski definition) is 2. The van der Waals surface area contributed by atoms with Crippen molar-refractivity contribution in [3.05, 3.63) is 73.4 Å². The smallest absolute Gasteiger partial charge is 0.328 e. The van der Waals surface area contributed by atoms with Gasteiger partial charge in [-0.3, -0.25) is 9.36 Å². The standard InChI is InChI=1S/C25H29N3O3.ClH/c1-14-7-9-19-23(15(14)2)27-25(30)28(24(19)29)12-11-20-22-16(13-26-20)8-10-17-18(22)5-4-6-21(17)31-3;/h4-7,9,16,20,22,26H,8,10-13H2,1-3H3,(H,27,30);1H/t16-,20?,22+;/m0./s1. The molecular formula is C25H30ClN3O3. The van der Waals surface area contributed by atoms with Crippen molar-refractivity contribution in [3.63, 3.8) is 0 Å². The summed E-state index contributed by atoms with van der Waals surface area (Å²) in [7, 11) is 1.73. The molecule has 3 aromatic rings. The highest BCUT2D eigenvalue weighted by molar-refractivity contribution is 5.85. The van der Waals surface area contributed by atoms with Crippen LogP contribution < -0.4 is 21.3 Å². The monoisotopic (exact) mass is 455 g/mol. The minimum absolute atomic E-state index is 0. The zero-order valence-electron chi connectivity index (χ0n) is 18.7. The van der Waals surface area contributed by atoms with Crippen LogP contribution in [0.1, 0.15) is 41.0 Å². The summed E-state index contributed by atoms with van der Waals surface area (Å²) in [5.74, 6) is 1.94. The largest absolute Gasteiger partial charge is 0.496 e. The van der Waals surface area contributed by atoms with Gasteiger partial charge >= 0.3 is 5.69 Å². The first kappa shape index (κ1) is 22.6. The third kappa shape index (κ3) is 3.55. The molecule has 1 fully saturated rings. The first-order valence-electron chi connectivity index (χ1n) is 11.1. The first-order valence-corrected chi connectivity index (χ1v) is 11.1. The Bertz CT molecular complexity index is 1280. The molecule has 2 heterocycles. The lowest BCUT2D eigenvalue weighted by atomic mass is 9.73. The number of aryl methyl sites for hydroxylation is 2. The highest BCUT2D eigenvalue weighted by atomic mass is 35.5. The molecule has 1 unspecified atom stereocenters. The molecule has 0 saturated carbocycles. The number of nitrogens with zero attached hydrogens (tertiary/aromatic N) is 1. The molecule has 6 nitrogen and oxygen atoms in total. The Morgan fingerprint density at radius 2 is 1.97 bits per heavy atom. The van der Waals surface area contributed by atoms with Gasteiger partial charge in [0.2, 0.25) is 0 Å².